The van der Waals surface area contributed by atoms with Gasteiger partial charge in [0.25, 0.3) is 0 Å². The summed E-state index contributed by atoms with van der Waals surface area (Å²) in [6, 6.07) is 15.6. The molecule has 102 valence electrons. The Morgan fingerprint density at radius 1 is 1.05 bits per heavy atom. The van der Waals surface area contributed by atoms with Crippen LogP contribution in [-0.4, -0.2) is 14.8 Å². The van der Waals surface area contributed by atoms with E-state index in [0.29, 0.717) is 5.69 Å². The van der Waals surface area contributed by atoms with Gasteiger partial charge in [-0.15, -0.1) is 0 Å². The minimum atomic E-state index is 0.634. The fourth-order valence-electron chi connectivity index (χ4n) is 2.30. The zero-order valence-corrected chi connectivity index (χ0v) is 11.9. The molecule has 0 bridgehead atoms. The summed E-state index contributed by atoms with van der Waals surface area (Å²) in [5.74, 6) is 1.54. The van der Waals surface area contributed by atoms with E-state index in [0.717, 1.165) is 28.5 Å². The highest BCUT2D eigenvalue weighted by Crippen LogP contribution is 2.25. The molecule has 3 aromatic rings. The standard InChI is InChI=1S/C17H14N4/c1-12-11-15(18-3)9-10-16(12)21-17(19-13(2)20-21)14-7-5-4-6-8-14/h4-11H,1-2H3. The lowest BCUT2D eigenvalue weighted by molar-refractivity contribution is 0.862. The second-order valence-corrected chi connectivity index (χ2v) is 4.84. The van der Waals surface area contributed by atoms with Gasteiger partial charge in [0.05, 0.1) is 12.3 Å². The summed E-state index contributed by atoms with van der Waals surface area (Å²) >= 11 is 0. The van der Waals surface area contributed by atoms with Gasteiger partial charge in [-0.05, 0) is 25.5 Å². The van der Waals surface area contributed by atoms with Crippen LogP contribution in [-0.2, 0) is 0 Å². The topological polar surface area (TPSA) is 35.1 Å². The fourth-order valence-corrected chi connectivity index (χ4v) is 2.30. The molecule has 0 saturated carbocycles. The van der Waals surface area contributed by atoms with Crippen LogP contribution in [0.5, 0.6) is 0 Å². The van der Waals surface area contributed by atoms with Gasteiger partial charge in [-0.3, -0.25) is 0 Å². The fraction of sp³-hybridized carbons (Fsp3) is 0.118. The van der Waals surface area contributed by atoms with Crippen molar-refractivity contribution in [3.8, 4) is 17.1 Å². The maximum absolute atomic E-state index is 7.09. The molecule has 21 heavy (non-hydrogen) atoms. The number of rotatable bonds is 2. The van der Waals surface area contributed by atoms with Crippen molar-refractivity contribution in [1.82, 2.24) is 14.8 Å². The molecule has 1 heterocycles. The van der Waals surface area contributed by atoms with E-state index in [-0.39, 0.29) is 0 Å². The Bertz CT molecular complexity index is 826. The Hall–Kier alpha value is -2.93. The Morgan fingerprint density at radius 3 is 2.48 bits per heavy atom. The largest absolute Gasteiger partial charge is 0.238 e. The Labute approximate surface area is 123 Å². The van der Waals surface area contributed by atoms with Gasteiger partial charge in [0.15, 0.2) is 11.5 Å². The van der Waals surface area contributed by atoms with Crippen molar-refractivity contribution in [2.75, 3.05) is 0 Å². The molecule has 0 aliphatic heterocycles. The average molecular weight is 274 g/mol. The summed E-state index contributed by atoms with van der Waals surface area (Å²) in [6.45, 7) is 10.9. The van der Waals surface area contributed by atoms with Crippen LogP contribution in [0, 0.1) is 20.4 Å². The molecule has 0 radical (unpaired) electrons. The highest BCUT2D eigenvalue weighted by atomic mass is 15.3. The third-order valence-electron chi connectivity index (χ3n) is 3.28. The quantitative estimate of drug-likeness (QED) is 0.659. The molecule has 4 heteroatoms. The van der Waals surface area contributed by atoms with Crippen LogP contribution in [0.1, 0.15) is 11.4 Å². The molecule has 0 fully saturated rings. The van der Waals surface area contributed by atoms with Crippen molar-refractivity contribution < 1.29 is 0 Å². The summed E-state index contributed by atoms with van der Waals surface area (Å²) < 4.78 is 1.84. The van der Waals surface area contributed by atoms with Crippen LogP contribution in [0.25, 0.3) is 21.9 Å². The van der Waals surface area contributed by atoms with Crippen LogP contribution >= 0.6 is 0 Å². The first kappa shape index (κ1) is 13.1. The van der Waals surface area contributed by atoms with Gasteiger partial charge < -0.3 is 0 Å². The third kappa shape index (κ3) is 2.41. The number of aromatic nitrogens is 3. The van der Waals surface area contributed by atoms with E-state index in [1.807, 2.05) is 61.0 Å². The van der Waals surface area contributed by atoms with Gasteiger partial charge in [0.2, 0.25) is 0 Å². The summed E-state index contributed by atoms with van der Waals surface area (Å²) in [5.41, 5.74) is 3.61. The van der Waals surface area contributed by atoms with Crippen LogP contribution in [0.4, 0.5) is 5.69 Å². The minimum Gasteiger partial charge on any atom is -0.238 e. The van der Waals surface area contributed by atoms with Gasteiger partial charge in [0, 0.05) is 5.56 Å². The summed E-state index contributed by atoms with van der Waals surface area (Å²) in [6.07, 6.45) is 0. The predicted molar refractivity (Wildman–Crippen MR) is 82.5 cm³/mol. The Kier molecular flexibility index (Phi) is 3.25. The van der Waals surface area contributed by atoms with E-state index in [1.165, 1.54) is 0 Å². The Balaban J connectivity index is 2.18. The molecule has 0 aliphatic carbocycles. The molecule has 0 aliphatic rings. The molecule has 0 unspecified atom stereocenters. The highest BCUT2D eigenvalue weighted by Gasteiger charge is 2.13. The van der Waals surface area contributed by atoms with E-state index in [1.54, 1.807) is 6.07 Å². The average Bonchev–Trinajstić information content (AvgIpc) is 2.89. The van der Waals surface area contributed by atoms with E-state index < -0.39 is 0 Å². The molecule has 1 aromatic heterocycles. The van der Waals surface area contributed by atoms with Crippen LogP contribution in [0.15, 0.2) is 48.5 Å². The van der Waals surface area contributed by atoms with E-state index in [4.69, 9.17) is 6.57 Å². The minimum absolute atomic E-state index is 0.634. The monoisotopic (exact) mass is 274 g/mol. The molecule has 0 atom stereocenters. The number of hydrogen-bond acceptors (Lipinski definition) is 2. The molecule has 4 nitrogen and oxygen atoms in total. The van der Waals surface area contributed by atoms with Crippen LogP contribution in [0.2, 0.25) is 0 Å². The maximum Gasteiger partial charge on any atom is 0.187 e. The van der Waals surface area contributed by atoms with Crippen molar-refractivity contribution >= 4 is 5.69 Å². The number of benzene rings is 2. The first-order chi connectivity index (χ1) is 10.2. The van der Waals surface area contributed by atoms with Gasteiger partial charge in [-0.25, -0.2) is 14.5 Å². The number of nitrogens with zero attached hydrogens (tertiary/aromatic N) is 4. The molecule has 0 saturated heterocycles. The molecule has 3 rings (SSSR count). The van der Waals surface area contributed by atoms with Crippen molar-refractivity contribution in [2.45, 2.75) is 13.8 Å². The molecule has 0 spiro atoms. The Morgan fingerprint density at radius 2 is 1.81 bits per heavy atom. The summed E-state index contributed by atoms with van der Waals surface area (Å²) in [7, 11) is 0. The van der Waals surface area contributed by atoms with Crippen molar-refractivity contribution in [3.63, 3.8) is 0 Å². The molecule has 0 N–H and O–H groups in total. The lowest BCUT2D eigenvalue weighted by Crippen LogP contribution is -2.01. The van der Waals surface area contributed by atoms with Gasteiger partial charge in [-0.1, -0.05) is 42.5 Å². The van der Waals surface area contributed by atoms with Gasteiger partial charge in [0.1, 0.15) is 5.82 Å². The molecule has 2 aromatic carbocycles. The van der Waals surface area contributed by atoms with Gasteiger partial charge >= 0.3 is 0 Å². The van der Waals surface area contributed by atoms with Crippen molar-refractivity contribution in [3.05, 3.63) is 71.3 Å². The molecular formula is C17H14N4. The first-order valence-corrected chi connectivity index (χ1v) is 6.66. The van der Waals surface area contributed by atoms with E-state index >= 15 is 0 Å². The molecule has 0 amide bonds. The summed E-state index contributed by atoms with van der Waals surface area (Å²) in [5, 5.41) is 4.50. The van der Waals surface area contributed by atoms with E-state index in [9.17, 15) is 0 Å². The van der Waals surface area contributed by atoms with E-state index in [2.05, 4.69) is 14.9 Å². The number of aryl methyl sites for hydroxylation is 2. The lowest BCUT2D eigenvalue weighted by Gasteiger charge is -2.09. The second-order valence-electron chi connectivity index (χ2n) is 4.84. The zero-order chi connectivity index (χ0) is 14.8. The highest BCUT2D eigenvalue weighted by molar-refractivity contribution is 5.61. The zero-order valence-electron chi connectivity index (χ0n) is 11.9. The first-order valence-electron chi connectivity index (χ1n) is 6.66. The third-order valence-corrected chi connectivity index (χ3v) is 3.28. The SMILES string of the molecule is [C-]#[N+]c1ccc(-n2nc(C)nc2-c2ccccc2)c(C)c1. The van der Waals surface area contributed by atoms with Gasteiger partial charge in [-0.2, -0.15) is 5.10 Å². The number of hydrogen-bond donors (Lipinski definition) is 0. The second kappa shape index (κ2) is 5.22. The maximum atomic E-state index is 7.09. The molecular weight excluding hydrogens is 260 g/mol. The smallest absolute Gasteiger partial charge is 0.187 e. The van der Waals surface area contributed by atoms with Crippen molar-refractivity contribution in [2.24, 2.45) is 0 Å². The summed E-state index contributed by atoms with van der Waals surface area (Å²) in [4.78, 5) is 7.99. The normalized spacial score (nSPS) is 10.3. The lowest BCUT2D eigenvalue weighted by atomic mass is 10.1. The van der Waals surface area contributed by atoms with Crippen LogP contribution in [0.3, 0.4) is 0 Å². The van der Waals surface area contributed by atoms with Crippen molar-refractivity contribution in [1.29, 1.82) is 0 Å². The van der Waals surface area contributed by atoms with Crippen LogP contribution < -0.4 is 0 Å². The predicted octanol–water partition coefficient (Wildman–Crippen LogP) is 4.10.